The molecule has 3 heteroatoms. The van der Waals surface area contributed by atoms with Crippen molar-refractivity contribution in [2.24, 2.45) is 5.41 Å². The van der Waals surface area contributed by atoms with Gasteiger partial charge in [-0.15, -0.1) is 0 Å². The van der Waals surface area contributed by atoms with E-state index in [-0.39, 0.29) is 0 Å². The maximum atomic E-state index is 5.74. The largest absolute Gasteiger partial charge is 0.377 e. The van der Waals surface area contributed by atoms with Gasteiger partial charge >= 0.3 is 0 Å². The number of hydrogen-bond acceptors (Lipinski definition) is 3. The monoisotopic (exact) mass is 224 g/mol. The third-order valence-corrected chi connectivity index (χ3v) is 4.67. The summed E-state index contributed by atoms with van der Waals surface area (Å²) >= 11 is 0. The minimum absolute atomic E-state index is 0.539. The number of hydrogen-bond donors (Lipinski definition) is 1. The molecule has 0 aromatic heterocycles. The van der Waals surface area contributed by atoms with Gasteiger partial charge in [-0.25, -0.2) is 0 Å². The van der Waals surface area contributed by atoms with Gasteiger partial charge in [0.05, 0.1) is 6.10 Å². The highest BCUT2D eigenvalue weighted by Gasteiger charge is 2.39. The maximum Gasteiger partial charge on any atom is 0.0702 e. The molecule has 3 saturated heterocycles. The van der Waals surface area contributed by atoms with Crippen molar-refractivity contribution < 1.29 is 4.74 Å². The van der Waals surface area contributed by atoms with Gasteiger partial charge in [-0.1, -0.05) is 0 Å². The van der Waals surface area contributed by atoms with Crippen LogP contribution in [0, 0.1) is 5.41 Å². The minimum atomic E-state index is 0.539. The zero-order chi connectivity index (χ0) is 10.8. The van der Waals surface area contributed by atoms with Crippen LogP contribution in [0.4, 0.5) is 0 Å². The average Bonchev–Trinajstić information content (AvgIpc) is 2.92. The van der Waals surface area contributed by atoms with Crippen LogP contribution in [-0.2, 0) is 4.74 Å². The molecule has 0 aliphatic carbocycles. The minimum Gasteiger partial charge on any atom is -0.377 e. The van der Waals surface area contributed by atoms with E-state index in [1.54, 1.807) is 0 Å². The first-order valence-corrected chi connectivity index (χ1v) is 6.91. The zero-order valence-electron chi connectivity index (χ0n) is 10.2. The molecule has 3 fully saturated rings. The van der Waals surface area contributed by atoms with Gasteiger partial charge in [-0.3, -0.25) is 0 Å². The van der Waals surface area contributed by atoms with Crippen molar-refractivity contribution in [3.63, 3.8) is 0 Å². The normalized spacial score (nSPS) is 34.9. The second kappa shape index (κ2) is 4.63. The molecule has 3 aliphatic rings. The third kappa shape index (κ3) is 2.27. The molecule has 0 aromatic carbocycles. The van der Waals surface area contributed by atoms with E-state index in [4.69, 9.17) is 4.74 Å². The van der Waals surface area contributed by atoms with Gasteiger partial charge in [-0.05, 0) is 57.2 Å². The van der Waals surface area contributed by atoms with Crippen molar-refractivity contribution in [3.05, 3.63) is 0 Å². The van der Waals surface area contributed by atoms with Crippen molar-refractivity contribution >= 4 is 0 Å². The molecule has 0 aromatic rings. The van der Waals surface area contributed by atoms with E-state index < -0.39 is 0 Å². The lowest BCUT2D eigenvalue weighted by Crippen LogP contribution is -2.39. The van der Waals surface area contributed by atoms with E-state index in [0.717, 1.165) is 6.61 Å². The predicted octanol–water partition coefficient (Wildman–Crippen LogP) is 1.24. The van der Waals surface area contributed by atoms with Gasteiger partial charge in [0.15, 0.2) is 0 Å². The molecule has 0 radical (unpaired) electrons. The number of piperidine rings is 1. The molecule has 92 valence electrons. The van der Waals surface area contributed by atoms with Gasteiger partial charge in [0, 0.05) is 19.7 Å². The van der Waals surface area contributed by atoms with Gasteiger partial charge in [0.25, 0.3) is 0 Å². The number of rotatable bonds is 2. The summed E-state index contributed by atoms with van der Waals surface area (Å²) < 4.78 is 5.74. The van der Waals surface area contributed by atoms with Crippen LogP contribution in [0.15, 0.2) is 0 Å². The smallest absolute Gasteiger partial charge is 0.0702 e. The molecule has 1 N–H and O–H groups in total. The van der Waals surface area contributed by atoms with Crippen molar-refractivity contribution in [2.45, 2.75) is 38.2 Å². The fourth-order valence-corrected chi connectivity index (χ4v) is 3.63. The quantitative estimate of drug-likeness (QED) is 0.764. The first-order chi connectivity index (χ1) is 7.86. The molecule has 0 bridgehead atoms. The molecule has 0 amide bonds. The Labute approximate surface area is 98.5 Å². The van der Waals surface area contributed by atoms with Gasteiger partial charge < -0.3 is 15.0 Å². The number of nitrogens with one attached hydrogen (secondary N) is 1. The number of ether oxygens (including phenoxy) is 1. The lowest BCUT2D eigenvalue weighted by atomic mass is 9.78. The van der Waals surface area contributed by atoms with E-state index in [0.29, 0.717) is 11.5 Å². The Hall–Kier alpha value is -0.120. The van der Waals surface area contributed by atoms with Crippen LogP contribution in [0.1, 0.15) is 32.1 Å². The van der Waals surface area contributed by atoms with Crippen molar-refractivity contribution in [2.75, 3.05) is 39.3 Å². The summed E-state index contributed by atoms with van der Waals surface area (Å²) in [4.78, 5) is 2.65. The van der Waals surface area contributed by atoms with E-state index in [2.05, 4.69) is 10.2 Å². The second-order valence-electron chi connectivity index (χ2n) is 5.87. The summed E-state index contributed by atoms with van der Waals surface area (Å²) in [5.41, 5.74) is 0.657. The maximum absolute atomic E-state index is 5.74. The molecule has 1 unspecified atom stereocenters. The standard InChI is InChI=1S/C13H24N2O/c1-2-12(16-9-1)10-15-8-5-13(11-15)3-6-14-7-4-13/h12,14H,1-11H2. The molecule has 16 heavy (non-hydrogen) atoms. The van der Waals surface area contributed by atoms with E-state index >= 15 is 0 Å². The SMILES string of the molecule is C1COC(CN2CCC3(CCNCC3)C2)C1. The van der Waals surface area contributed by atoms with Crippen LogP contribution in [-0.4, -0.2) is 50.3 Å². The molecule has 3 aliphatic heterocycles. The van der Waals surface area contributed by atoms with Gasteiger partial charge in [0.2, 0.25) is 0 Å². The summed E-state index contributed by atoms with van der Waals surface area (Å²) in [5.74, 6) is 0. The summed E-state index contributed by atoms with van der Waals surface area (Å²) in [6.07, 6.45) is 7.28. The zero-order valence-corrected chi connectivity index (χ0v) is 10.2. The topological polar surface area (TPSA) is 24.5 Å². The molecule has 3 rings (SSSR count). The number of nitrogens with zero attached hydrogens (tertiary/aromatic N) is 1. The van der Waals surface area contributed by atoms with Crippen LogP contribution in [0.2, 0.25) is 0 Å². The number of likely N-dealkylation sites (tertiary alicyclic amines) is 1. The Balaban J connectivity index is 1.51. The van der Waals surface area contributed by atoms with Crippen molar-refractivity contribution in [1.29, 1.82) is 0 Å². The van der Waals surface area contributed by atoms with Crippen LogP contribution in [0.3, 0.4) is 0 Å². The van der Waals surface area contributed by atoms with Gasteiger partial charge in [0.1, 0.15) is 0 Å². The van der Waals surface area contributed by atoms with Crippen LogP contribution in [0.5, 0.6) is 0 Å². The highest BCUT2D eigenvalue weighted by molar-refractivity contribution is 4.93. The highest BCUT2D eigenvalue weighted by atomic mass is 16.5. The Morgan fingerprint density at radius 2 is 2.12 bits per heavy atom. The summed E-state index contributed by atoms with van der Waals surface area (Å²) in [6, 6.07) is 0. The second-order valence-corrected chi connectivity index (χ2v) is 5.87. The third-order valence-electron chi connectivity index (χ3n) is 4.67. The lowest BCUT2D eigenvalue weighted by molar-refractivity contribution is 0.0746. The van der Waals surface area contributed by atoms with E-state index in [1.807, 2.05) is 0 Å². The summed E-state index contributed by atoms with van der Waals surface area (Å²) in [6.45, 7) is 7.28. The van der Waals surface area contributed by atoms with Crippen LogP contribution >= 0.6 is 0 Å². The Kier molecular flexibility index (Phi) is 3.18. The van der Waals surface area contributed by atoms with Crippen molar-refractivity contribution in [1.82, 2.24) is 10.2 Å². The fourth-order valence-electron chi connectivity index (χ4n) is 3.63. The summed E-state index contributed by atoms with van der Waals surface area (Å²) in [5, 5.41) is 3.48. The van der Waals surface area contributed by atoms with E-state index in [1.165, 1.54) is 64.8 Å². The van der Waals surface area contributed by atoms with Crippen LogP contribution in [0.25, 0.3) is 0 Å². The Morgan fingerprint density at radius 1 is 1.25 bits per heavy atom. The average molecular weight is 224 g/mol. The predicted molar refractivity (Wildman–Crippen MR) is 64.6 cm³/mol. The molecule has 3 nitrogen and oxygen atoms in total. The molecule has 3 heterocycles. The van der Waals surface area contributed by atoms with E-state index in [9.17, 15) is 0 Å². The lowest BCUT2D eigenvalue weighted by Gasteiger charge is -2.34. The Bertz CT molecular complexity index is 232. The first-order valence-electron chi connectivity index (χ1n) is 6.91. The first kappa shape index (κ1) is 11.0. The highest BCUT2D eigenvalue weighted by Crippen LogP contribution is 2.38. The molecular weight excluding hydrogens is 200 g/mol. The Morgan fingerprint density at radius 3 is 2.88 bits per heavy atom. The fraction of sp³-hybridized carbons (Fsp3) is 1.00. The van der Waals surface area contributed by atoms with Gasteiger partial charge in [-0.2, -0.15) is 0 Å². The van der Waals surface area contributed by atoms with Crippen LogP contribution < -0.4 is 5.32 Å². The summed E-state index contributed by atoms with van der Waals surface area (Å²) in [7, 11) is 0. The molecular formula is C13H24N2O. The van der Waals surface area contributed by atoms with Crippen molar-refractivity contribution in [3.8, 4) is 0 Å². The molecule has 1 spiro atoms. The molecule has 0 saturated carbocycles. The molecule has 1 atom stereocenters.